The van der Waals surface area contributed by atoms with Crippen molar-refractivity contribution in [1.82, 2.24) is 29.3 Å². The van der Waals surface area contributed by atoms with Crippen molar-refractivity contribution in [3.05, 3.63) is 52.3 Å². The average molecular weight is 835 g/mol. The lowest BCUT2D eigenvalue weighted by molar-refractivity contribution is -0.149. The molecule has 2 atom stereocenters. The Labute approximate surface area is 337 Å². The van der Waals surface area contributed by atoms with Crippen LogP contribution in [0.25, 0.3) is 20.3 Å². The zero-order chi connectivity index (χ0) is 41.5. The van der Waals surface area contributed by atoms with Crippen LogP contribution in [-0.4, -0.2) is 169 Å². The Balaban J connectivity index is 1.71. The monoisotopic (exact) mass is 834 g/mol. The van der Waals surface area contributed by atoms with Gasteiger partial charge in [-0.15, -0.1) is 11.3 Å². The van der Waals surface area contributed by atoms with Gasteiger partial charge in [-0.2, -0.15) is 0 Å². The summed E-state index contributed by atoms with van der Waals surface area (Å²) >= 11 is 1.44. The van der Waals surface area contributed by atoms with Crippen molar-refractivity contribution in [2.45, 2.75) is 44.3 Å². The molecule has 1 aliphatic rings. The summed E-state index contributed by atoms with van der Waals surface area (Å²) in [6.07, 6.45) is 1.38. The Morgan fingerprint density at radius 2 is 1.26 bits per heavy atom. The van der Waals surface area contributed by atoms with E-state index in [9.17, 15) is 32.4 Å². The van der Waals surface area contributed by atoms with Crippen LogP contribution in [0.3, 0.4) is 0 Å². The topological polar surface area (TPSA) is 194 Å². The molecule has 1 fully saturated rings. The van der Waals surface area contributed by atoms with E-state index < -0.39 is 46.0 Å². The summed E-state index contributed by atoms with van der Waals surface area (Å²) in [7, 11) is 1.71. The quantitative estimate of drug-likeness (QED) is 0.122. The highest BCUT2D eigenvalue weighted by molar-refractivity contribution is 7.88. The van der Waals surface area contributed by atoms with Crippen LogP contribution in [0.15, 0.2) is 41.2 Å². The standard InChI is InChI=1S/C38H54N6O11S2/c1-52-33(45)14-12-30(37(48)54-3)43-22-18-41(17-16-39-57(5,50)51)19-23-44(31(38(49)55-4)13-15-34(46)53-2)25-21-42(20-24-43)26-27-10-11-29-35(47)28-8-6-7-9-32(28)56-36(29)40-27/h6-11,30-31,39H,12-26H2,1-5H3. The van der Waals surface area contributed by atoms with Crippen molar-refractivity contribution in [2.24, 2.45) is 0 Å². The second kappa shape index (κ2) is 22.2. The molecule has 2 aromatic heterocycles. The number of nitrogens with one attached hydrogen (secondary N) is 1. The second-order valence-corrected chi connectivity index (χ2v) is 16.6. The lowest BCUT2D eigenvalue weighted by Gasteiger charge is -2.38. The fourth-order valence-corrected chi connectivity index (χ4v) is 8.37. The van der Waals surface area contributed by atoms with Crippen molar-refractivity contribution in [3.8, 4) is 0 Å². The average Bonchev–Trinajstić information content (AvgIpc) is 3.19. The number of aromatic nitrogens is 1. The Morgan fingerprint density at radius 1 is 0.737 bits per heavy atom. The third kappa shape index (κ3) is 13.8. The first-order valence-corrected chi connectivity index (χ1v) is 21.5. The molecule has 4 rings (SSSR count). The van der Waals surface area contributed by atoms with E-state index in [0.29, 0.717) is 86.7 Å². The van der Waals surface area contributed by atoms with E-state index in [2.05, 4.69) is 9.62 Å². The van der Waals surface area contributed by atoms with Crippen molar-refractivity contribution in [3.63, 3.8) is 0 Å². The molecule has 19 heteroatoms. The molecule has 0 spiro atoms. The van der Waals surface area contributed by atoms with E-state index in [0.717, 1.165) is 11.0 Å². The number of methoxy groups -OCH3 is 4. The zero-order valence-corrected chi connectivity index (χ0v) is 34.9. The van der Waals surface area contributed by atoms with Crippen molar-refractivity contribution in [2.75, 3.05) is 100 Å². The van der Waals surface area contributed by atoms with Gasteiger partial charge >= 0.3 is 23.9 Å². The maximum atomic E-state index is 13.3. The molecule has 0 aliphatic carbocycles. The first kappa shape index (κ1) is 45.6. The van der Waals surface area contributed by atoms with Gasteiger partial charge in [-0.05, 0) is 37.1 Å². The number of fused-ring (bicyclic) bond motifs is 2. The number of carbonyl (C=O) groups excluding carboxylic acids is 4. The Kier molecular flexibility index (Phi) is 17.7. The molecule has 0 saturated carbocycles. The summed E-state index contributed by atoms with van der Waals surface area (Å²) in [5.41, 5.74) is 0.632. The minimum absolute atomic E-state index is 0.00745. The summed E-state index contributed by atoms with van der Waals surface area (Å²) in [5, 5.41) is 1.17. The lowest BCUT2D eigenvalue weighted by Crippen LogP contribution is -2.53. The summed E-state index contributed by atoms with van der Waals surface area (Å²) in [6.45, 7) is 3.90. The molecule has 17 nitrogen and oxygen atoms in total. The summed E-state index contributed by atoms with van der Waals surface area (Å²) in [5.74, 6) is -1.92. The Morgan fingerprint density at radius 3 is 1.77 bits per heavy atom. The first-order valence-electron chi connectivity index (χ1n) is 18.7. The first-order chi connectivity index (χ1) is 27.3. The van der Waals surface area contributed by atoms with Gasteiger partial charge in [-0.1, -0.05) is 12.1 Å². The molecule has 0 radical (unpaired) electrons. The van der Waals surface area contributed by atoms with Gasteiger partial charge < -0.3 is 18.9 Å². The molecule has 57 heavy (non-hydrogen) atoms. The van der Waals surface area contributed by atoms with Gasteiger partial charge in [0.25, 0.3) is 0 Å². The van der Waals surface area contributed by atoms with Crippen LogP contribution < -0.4 is 10.2 Å². The molecule has 2 unspecified atom stereocenters. The van der Waals surface area contributed by atoms with E-state index in [1.54, 1.807) is 12.1 Å². The number of hydrogen-bond donors (Lipinski definition) is 1. The normalized spacial score (nSPS) is 16.9. The van der Waals surface area contributed by atoms with Crippen LogP contribution >= 0.6 is 11.3 Å². The number of sulfonamides is 1. The summed E-state index contributed by atoms with van der Waals surface area (Å²) in [6, 6.07) is 9.49. The van der Waals surface area contributed by atoms with Crippen molar-refractivity contribution >= 4 is 65.5 Å². The molecule has 1 aromatic carbocycles. The third-order valence-electron chi connectivity index (χ3n) is 10.0. The van der Waals surface area contributed by atoms with Crippen LogP contribution in [0.5, 0.6) is 0 Å². The Hall–Kier alpha value is -4.11. The summed E-state index contributed by atoms with van der Waals surface area (Å²) in [4.78, 5) is 77.9. The maximum absolute atomic E-state index is 13.3. The van der Waals surface area contributed by atoms with Gasteiger partial charge in [0.05, 0.1) is 45.8 Å². The minimum Gasteiger partial charge on any atom is -0.469 e. The number of rotatable bonds is 16. The zero-order valence-electron chi connectivity index (χ0n) is 33.3. The number of esters is 4. The van der Waals surface area contributed by atoms with Crippen molar-refractivity contribution < 1.29 is 46.5 Å². The highest BCUT2D eigenvalue weighted by Crippen LogP contribution is 2.24. The van der Waals surface area contributed by atoms with E-state index in [1.165, 1.54) is 39.8 Å². The SMILES string of the molecule is COC(=O)CCC(C(=O)OC)N1CCN(CCNS(C)(=O)=O)CCN(C(CCC(=O)OC)C(=O)OC)CCN(Cc2ccc3c(=O)c4ccccc4sc3n2)CC1. The van der Waals surface area contributed by atoms with Crippen LogP contribution in [0, 0.1) is 0 Å². The largest absolute Gasteiger partial charge is 0.469 e. The third-order valence-corrected chi connectivity index (χ3v) is 11.8. The van der Waals surface area contributed by atoms with Gasteiger partial charge in [-0.25, -0.2) is 18.1 Å². The molecule has 314 valence electrons. The second-order valence-electron chi connectivity index (χ2n) is 13.7. The van der Waals surface area contributed by atoms with Gasteiger partial charge in [0.15, 0.2) is 5.43 Å². The number of ether oxygens (including phenoxy) is 4. The number of nitrogens with zero attached hydrogens (tertiary/aromatic N) is 5. The molecule has 0 bridgehead atoms. The van der Waals surface area contributed by atoms with Crippen LogP contribution in [-0.2, 0) is 54.7 Å². The number of carbonyl (C=O) groups is 4. The van der Waals surface area contributed by atoms with E-state index >= 15 is 0 Å². The minimum atomic E-state index is -3.47. The smallest absolute Gasteiger partial charge is 0.323 e. The van der Waals surface area contributed by atoms with E-state index in [-0.39, 0.29) is 37.7 Å². The van der Waals surface area contributed by atoms with Crippen LogP contribution in [0.2, 0.25) is 0 Å². The van der Waals surface area contributed by atoms with Crippen LogP contribution in [0.1, 0.15) is 31.4 Å². The Bertz CT molecular complexity index is 1960. The fourth-order valence-electron chi connectivity index (χ4n) is 6.84. The molecule has 1 saturated heterocycles. The predicted octanol–water partition coefficient (Wildman–Crippen LogP) is 1.07. The molecule has 3 aromatic rings. The molecule has 3 heterocycles. The van der Waals surface area contributed by atoms with E-state index in [1.807, 2.05) is 39.0 Å². The number of pyridine rings is 1. The van der Waals surface area contributed by atoms with Gasteiger partial charge in [0.1, 0.15) is 16.9 Å². The maximum Gasteiger partial charge on any atom is 0.323 e. The highest BCUT2D eigenvalue weighted by Gasteiger charge is 2.32. The van der Waals surface area contributed by atoms with Crippen molar-refractivity contribution in [1.29, 1.82) is 0 Å². The van der Waals surface area contributed by atoms with Gasteiger partial charge in [0, 0.05) is 94.9 Å². The number of benzene rings is 1. The molecule has 1 aliphatic heterocycles. The summed E-state index contributed by atoms with van der Waals surface area (Å²) < 4.78 is 47.4. The molecule has 1 N–H and O–H groups in total. The van der Waals surface area contributed by atoms with Gasteiger partial charge in [0.2, 0.25) is 10.0 Å². The predicted molar refractivity (Wildman–Crippen MR) is 215 cm³/mol. The van der Waals surface area contributed by atoms with Crippen LogP contribution in [0.4, 0.5) is 0 Å². The molecular formula is C38H54N6O11S2. The molecular weight excluding hydrogens is 781 g/mol. The van der Waals surface area contributed by atoms with Gasteiger partial charge in [-0.3, -0.25) is 43.6 Å². The van der Waals surface area contributed by atoms with E-state index in [4.69, 9.17) is 23.9 Å². The molecule has 0 amide bonds. The number of hydrogen-bond acceptors (Lipinski definition) is 17. The highest BCUT2D eigenvalue weighted by atomic mass is 32.2. The lowest BCUT2D eigenvalue weighted by atomic mass is 10.1. The fraction of sp³-hybridized carbons (Fsp3) is 0.579.